The second kappa shape index (κ2) is 6.39. The molecule has 0 atom stereocenters. The first-order valence-corrected chi connectivity index (χ1v) is 7.51. The lowest BCUT2D eigenvalue weighted by atomic mass is 10.2. The van der Waals surface area contributed by atoms with E-state index in [0.29, 0.717) is 11.0 Å². The molecule has 1 amide bonds. The molecule has 0 bridgehead atoms. The summed E-state index contributed by atoms with van der Waals surface area (Å²) in [4.78, 5) is 11.5. The van der Waals surface area contributed by atoms with Crippen molar-refractivity contribution in [3.63, 3.8) is 0 Å². The molecular weight excluding hydrogens is 356 g/mol. The second-order valence-corrected chi connectivity index (χ2v) is 6.24. The number of carbonyl (C=O) groups excluding carboxylic acids is 1. The second-order valence-electron chi connectivity index (χ2n) is 3.98. The predicted octanol–water partition coefficient (Wildman–Crippen LogP) is 2.12. The van der Waals surface area contributed by atoms with Crippen molar-refractivity contribution in [2.24, 2.45) is 5.14 Å². The van der Waals surface area contributed by atoms with Crippen molar-refractivity contribution in [3.8, 4) is 0 Å². The fourth-order valence-corrected chi connectivity index (χ4v) is 3.26. The van der Waals surface area contributed by atoms with Crippen LogP contribution in [0.15, 0.2) is 11.0 Å². The van der Waals surface area contributed by atoms with Crippen LogP contribution in [0.1, 0.15) is 10.4 Å². The molecule has 0 aliphatic rings. The number of rotatable bonds is 4. The number of nitrogens with two attached hydrogens (primary N) is 1. The number of hydrogen-bond donors (Lipinski definition) is 1. The maximum atomic E-state index is 13.6. The Morgan fingerprint density at radius 3 is 2.33 bits per heavy atom. The number of halogens is 5. The molecule has 1 rings (SSSR count). The minimum Gasteiger partial charge on any atom is -0.336 e. The molecule has 2 N–H and O–H groups in total. The smallest absolute Gasteiger partial charge is 0.255 e. The highest BCUT2D eigenvalue weighted by atomic mass is 35.5. The van der Waals surface area contributed by atoms with E-state index in [9.17, 15) is 26.4 Å². The number of benzene rings is 1. The zero-order valence-corrected chi connectivity index (χ0v) is 12.7. The predicted molar refractivity (Wildman–Crippen MR) is 70.8 cm³/mol. The van der Waals surface area contributed by atoms with Crippen LogP contribution in [0.4, 0.5) is 13.2 Å². The van der Waals surface area contributed by atoms with Crippen LogP contribution in [0.25, 0.3) is 0 Å². The van der Waals surface area contributed by atoms with Gasteiger partial charge >= 0.3 is 0 Å². The van der Waals surface area contributed by atoms with Crippen molar-refractivity contribution >= 4 is 39.1 Å². The van der Waals surface area contributed by atoms with Gasteiger partial charge in [-0.15, -0.1) is 0 Å². The standard InChI is InChI=1S/C10H9Cl2F3N2O3S/c1-17(3-6(14)15)10(18)4-2-5(13)8(12)9(7(4)11)21(16,19)20/h2,6H,3H2,1H3,(H2,16,19,20). The Bertz CT molecular complexity index is 683. The third kappa shape index (κ3) is 4.00. The van der Waals surface area contributed by atoms with Crippen LogP contribution in [0.2, 0.25) is 10.0 Å². The van der Waals surface area contributed by atoms with E-state index in [0.717, 1.165) is 7.05 Å². The molecule has 0 unspecified atom stereocenters. The first-order valence-electron chi connectivity index (χ1n) is 5.20. The summed E-state index contributed by atoms with van der Waals surface area (Å²) in [5, 5.41) is 3.24. The monoisotopic (exact) mass is 364 g/mol. The van der Waals surface area contributed by atoms with E-state index >= 15 is 0 Å². The number of amides is 1. The first-order chi connectivity index (χ1) is 9.46. The number of nitrogens with zero attached hydrogens (tertiary/aromatic N) is 1. The van der Waals surface area contributed by atoms with Crippen LogP contribution in [0.5, 0.6) is 0 Å². The van der Waals surface area contributed by atoms with Crippen molar-refractivity contribution in [3.05, 3.63) is 27.5 Å². The van der Waals surface area contributed by atoms with Crippen LogP contribution in [0.3, 0.4) is 0 Å². The number of alkyl halides is 2. The van der Waals surface area contributed by atoms with Gasteiger partial charge in [0.1, 0.15) is 10.7 Å². The van der Waals surface area contributed by atoms with Gasteiger partial charge in [-0.1, -0.05) is 23.2 Å². The van der Waals surface area contributed by atoms with Crippen LogP contribution < -0.4 is 5.14 Å². The Morgan fingerprint density at radius 2 is 1.90 bits per heavy atom. The van der Waals surface area contributed by atoms with Gasteiger partial charge in [0, 0.05) is 7.05 Å². The van der Waals surface area contributed by atoms with E-state index in [1.807, 2.05) is 0 Å². The van der Waals surface area contributed by atoms with Gasteiger partial charge in [-0.2, -0.15) is 0 Å². The Morgan fingerprint density at radius 1 is 1.38 bits per heavy atom. The minimum absolute atomic E-state index is 0.559. The van der Waals surface area contributed by atoms with Gasteiger partial charge in [0.25, 0.3) is 12.3 Å². The fourth-order valence-electron chi connectivity index (χ4n) is 1.48. The average molecular weight is 365 g/mol. The van der Waals surface area contributed by atoms with Crippen molar-refractivity contribution in [1.82, 2.24) is 4.90 Å². The summed E-state index contributed by atoms with van der Waals surface area (Å²) in [6.07, 6.45) is -2.83. The summed E-state index contributed by atoms with van der Waals surface area (Å²) in [6.45, 7) is -0.940. The number of hydrogen-bond acceptors (Lipinski definition) is 3. The molecule has 0 heterocycles. The molecule has 5 nitrogen and oxygen atoms in total. The van der Waals surface area contributed by atoms with E-state index < -0.39 is 55.2 Å². The van der Waals surface area contributed by atoms with Crippen LogP contribution in [0, 0.1) is 5.82 Å². The Labute approximate surface area is 128 Å². The molecule has 118 valence electrons. The van der Waals surface area contributed by atoms with Crippen LogP contribution in [-0.4, -0.2) is 39.2 Å². The molecule has 0 saturated heterocycles. The number of primary sulfonamides is 1. The third-order valence-electron chi connectivity index (χ3n) is 2.39. The summed E-state index contributed by atoms with van der Waals surface area (Å²) in [5.74, 6) is -2.36. The molecule has 11 heteroatoms. The molecule has 0 aliphatic heterocycles. The summed E-state index contributed by atoms with van der Waals surface area (Å²) >= 11 is 11.2. The molecule has 0 aromatic heterocycles. The van der Waals surface area contributed by atoms with Crippen molar-refractivity contribution in [2.75, 3.05) is 13.6 Å². The van der Waals surface area contributed by atoms with E-state index in [-0.39, 0.29) is 0 Å². The summed E-state index contributed by atoms with van der Waals surface area (Å²) in [7, 11) is -3.49. The van der Waals surface area contributed by atoms with E-state index in [1.54, 1.807) is 0 Å². The molecule has 0 radical (unpaired) electrons. The van der Waals surface area contributed by atoms with Crippen molar-refractivity contribution < 1.29 is 26.4 Å². The minimum atomic E-state index is -4.51. The van der Waals surface area contributed by atoms with Gasteiger partial charge in [-0.25, -0.2) is 26.7 Å². The number of carbonyl (C=O) groups is 1. The summed E-state index contributed by atoms with van der Waals surface area (Å²) in [5.41, 5.74) is -0.634. The summed E-state index contributed by atoms with van der Waals surface area (Å²) in [6, 6.07) is 0.559. The lowest BCUT2D eigenvalue weighted by Gasteiger charge is -2.18. The third-order valence-corrected chi connectivity index (χ3v) is 4.35. The first kappa shape index (κ1) is 18.0. The van der Waals surface area contributed by atoms with Gasteiger partial charge < -0.3 is 4.90 Å². The molecule has 1 aromatic carbocycles. The largest absolute Gasteiger partial charge is 0.336 e. The van der Waals surface area contributed by atoms with Crippen molar-refractivity contribution in [2.45, 2.75) is 11.3 Å². The number of sulfonamides is 1. The SMILES string of the molecule is CN(CC(F)F)C(=O)c1cc(F)c(Cl)c(S(N)(=O)=O)c1Cl. The zero-order chi connectivity index (χ0) is 16.5. The van der Waals surface area contributed by atoms with E-state index in [2.05, 4.69) is 0 Å². The van der Waals surface area contributed by atoms with Crippen LogP contribution >= 0.6 is 23.2 Å². The van der Waals surface area contributed by atoms with Crippen molar-refractivity contribution in [1.29, 1.82) is 0 Å². The average Bonchev–Trinajstić information content (AvgIpc) is 2.30. The van der Waals surface area contributed by atoms with Gasteiger partial charge in [-0.3, -0.25) is 4.79 Å². The molecule has 0 saturated carbocycles. The van der Waals surface area contributed by atoms with Gasteiger partial charge in [0.05, 0.1) is 22.2 Å². The molecule has 1 aromatic rings. The molecule has 21 heavy (non-hydrogen) atoms. The van der Waals surface area contributed by atoms with Gasteiger partial charge in [0.2, 0.25) is 10.0 Å². The highest BCUT2D eigenvalue weighted by Crippen LogP contribution is 2.34. The molecule has 0 spiro atoms. The Hall–Kier alpha value is -1.03. The maximum absolute atomic E-state index is 13.6. The highest BCUT2D eigenvalue weighted by Gasteiger charge is 2.28. The Balaban J connectivity index is 3.46. The lowest BCUT2D eigenvalue weighted by Crippen LogP contribution is -2.32. The van der Waals surface area contributed by atoms with E-state index in [4.69, 9.17) is 28.3 Å². The fraction of sp³-hybridized carbons (Fsp3) is 0.300. The quantitative estimate of drug-likeness (QED) is 0.830. The zero-order valence-electron chi connectivity index (χ0n) is 10.4. The Kier molecular flexibility index (Phi) is 5.48. The van der Waals surface area contributed by atoms with Gasteiger partial charge in [-0.05, 0) is 6.07 Å². The normalized spacial score (nSPS) is 11.8. The molecular formula is C10H9Cl2F3N2O3S. The summed E-state index contributed by atoms with van der Waals surface area (Å²) < 4.78 is 60.8. The van der Waals surface area contributed by atoms with Gasteiger partial charge in [0.15, 0.2) is 0 Å². The topological polar surface area (TPSA) is 80.5 Å². The highest BCUT2D eigenvalue weighted by molar-refractivity contribution is 7.89. The van der Waals surface area contributed by atoms with E-state index in [1.165, 1.54) is 0 Å². The lowest BCUT2D eigenvalue weighted by molar-refractivity contribution is 0.0620. The maximum Gasteiger partial charge on any atom is 0.255 e. The molecule has 0 fully saturated rings. The van der Waals surface area contributed by atoms with Crippen LogP contribution in [-0.2, 0) is 10.0 Å². The molecule has 0 aliphatic carbocycles.